The highest BCUT2D eigenvalue weighted by Gasteiger charge is 2.22. The van der Waals surface area contributed by atoms with Gasteiger partial charge in [0.25, 0.3) is 0 Å². The lowest BCUT2D eigenvalue weighted by molar-refractivity contribution is -0.00863. The summed E-state index contributed by atoms with van der Waals surface area (Å²) in [6.07, 6.45) is 0.170. The van der Waals surface area contributed by atoms with Gasteiger partial charge in [-0.1, -0.05) is 0 Å². The molecule has 1 atom stereocenters. The van der Waals surface area contributed by atoms with Crippen LogP contribution in [0.4, 0.5) is 0 Å². The average Bonchev–Trinajstić information content (AvgIpc) is 1.80. The van der Waals surface area contributed by atoms with Crippen molar-refractivity contribution in [3.8, 4) is 0 Å². The van der Waals surface area contributed by atoms with Crippen LogP contribution in [-0.4, -0.2) is 29.5 Å². The first kappa shape index (κ1) is 10.9. The molecule has 11 heavy (non-hydrogen) atoms. The third kappa shape index (κ3) is 5.18. The number of rotatable bonds is 4. The van der Waals surface area contributed by atoms with E-state index in [0.717, 1.165) is 0 Å². The minimum atomic E-state index is -0.852. The first-order valence-electron chi connectivity index (χ1n) is 3.93. The summed E-state index contributed by atoms with van der Waals surface area (Å²) in [5, 5.41) is 9.39. The Bertz CT molecular complexity index is 107. The molecule has 3 nitrogen and oxygen atoms in total. The standard InChI is InChI=1S/C8H19NO2/c1-6(2)11-5-7(9)8(3,4)10/h6-7,10H,5,9H2,1-4H3/t7-/m0/s1. The molecule has 0 aromatic carbocycles. The highest BCUT2D eigenvalue weighted by molar-refractivity contribution is 4.79. The van der Waals surface area contributed by atoms with E-state index in [1.54, 1.807) is 13.8 Å². The molecule has 0 saturated heterocycles. The van der Waals surface area contributed by atoms with E-state index in [2.05, 4.69) is 0 Å². The number of hydrogen-bond acceptors (Lipinski definition) is 3. The van der Waals surface area contributed by atoms with Crippen molar-refractivity contribution >= 4 is 0 Å². The Morgan fingerprint density at radius 1 is 1.45 bits per heavy atom. The van der Waals surface area contributed by atoms with Gasteiger partial charge in [-0.3, -0.25) is 0 Å². The minimum Gasteiger partial charge on any atom is -0.389 e. The fourth-order valence-electron chi connectivity index (χ4n) is 0.500. The van der Waals surface area contributed by atoms with E-state index < -0.39 is 5.60 Å². The largest absolute Gasteiger partial charge is 0.389 e. The first-order valence-corrected chi connectivity index (χ1v) is 3.93. The summed E-state index contributed by atoms with van der Waals surface area (Å²) in [7, 11) is 0. The summed E-state index contributed by atoms with van der Waals surface area (Å²) >= 11 is 0. The lowest BCUT2D eigenvalue weighted by atomic mass is 10.0. The average molecular weight is 161 g/mol. The Labute approximate surface area is 68.5 Å². The zero-order valence-corrected chi connectivity index (χ0v) is 7.79. The molecule has 0 spiro atoms. The van der Waals surface area contributed by atoms with Crippen molar-refractivity contribution in [2.24, 2.45) is 5.73 Å². The van der Waals surface area contributed by atoms with Gasteiger partial charge >= 0.3 is 0 Å². The van der Waals surface area contributed by atoms with Gasteiger partial charge in [-0.05, 0) is 27.7 Å². The van der Waals surface area contributed by atoms with E-state index in [1.807, 2.05) is 13.8 Å². The smallest absolute Gasteiger partial charge is 0.0764 e. The van der Waals surface area contributed by atoms with Crippen molar-refractivity contribution in [2.45, 2.75) is 45.4 Å². The Morgan fingerprint density at radius 3 is 2.18 bits per heavy atom. The van der Waals surface area contributed by atoms with Gasteiger partial charge in [-0.25, -0.2) is 0 Å². The summed E-state index contributed by atoms with van der Waals surface area (Å²) in [5.41, 5.74) is 4.77. The van der Waals surface area contributed by atoms with Crippen molar-refractivity contribution in [3.63, 3.8) is 0 Å². The number of ether oxygens (including phenoxy) is 1. The van der Waals surface area contributed by atoms with Crippen LogP contribution in [-0.2, 0) is 4.74 Å². The van der Waals surface area contributed by atoms with E-state index in [4.69, 9.17) is 10.5 Å². The molecule has 0 aromatic rings. The fourth-order valence-corrected chi connectivity index (χ4v) is 0.500. The molecular formula is C8H19NO2. The van der Waals surface area contributed by atoms with Gasteiger partial charge in [0.1, 0.15) is 0 Å². The van der Waals surface area contributed by atoms with Gasteiger partial charge < -0.3 is 15.6 Å². The highest BCUT2D eigenvalue weighted by atomic mass is 16.5. The highest BCUT2D eigenvalue weighted by Crippen LogP contribution is 2.06. The maximum Gasteiger partial charge on any atom is 0.0764 e. The molecule has 0 radical (unpaired) electrons. The lowest BCUT2D eigenvalue weighted by Gasteiger charge is -2.26. The van der Waals surface area contributed by atoms with Crippen LogP contribution in [0.25, 0.3) is 0 Å². The van der Waals surface area contributed by atoms with Gasteiger partial charge in [-0.15, -0.1) is 0 Å². The fraction of sp³-hybridized carbons (Fsp3) is 1.00. The SMILES string of the molecule is CC(C)OC[C@H](N)C(C)(C)O. The topological polar surface area (TPSA) is 55.5 Å². The normalized spacial score (nSPS) is 15.5. The molecule has 0 unspecified atom stereocenters. The van der Waals surface area contributed by atoms with Crippen LogP contribution < -0.4 is 5.73 Å². The zero-order chi connectivity index (χ0) is 9.07. The molecular weight excluding hydrogens is 142 g/mol. The molecule has 0 heterocycles. The second-order valence-corrected chi connectivity index (χ2v) is 3.64. The van der Waals surface area contributed by atoms with Crippen LogP contribution in [0.2, 0.25) is 0 Å². The molecule has 0 saturated carbocycles. The molecule has 0 rings (SSSR count). The van der Waals surface area contributed by atoms with Gasteiger partial charge in [0.15, 0.2) is 0 Å². The lowest BCUT2D eigenvalue weighted by Crippen LogP contribution is -2.46. The van der Waals surface area contributed by atoms with Gasteiger partial charge in [0.05, 0.1) is 24.4 Å². The maximum atomic E-state index is 9.39. The van der Waals surface area contributed by atoms with E-state index in [-0.39, 0.29) is 12.1 Å². The summed E-state index contributed by atoms with van der Waals surface area (Å²) in [5.74, 6) is 0. The molecule has 3 heteroatoms. The van der Waals surface area contributed by atoms with Crippen molar-refractivity contribution < 1.29 is 9.84 Å². The van der Waals surface area contributed by atoms with Crippen molar-refractivity contribution in [2.75, 3.05) is 6.61 Å². The molecule has 0 aliphatic rings. The zero-order valence-electron chi connectivity index (χ0n) is 7.79. The third-order valence-electron chi connectivity index (χ3n) is 1.52. The summed E-state index contributed by atoms with van der Waals surface area (Å²) in [6.45, 7) is 7.65. The molecule has 0 aromatic heterocycles. The van der Waals surface area contributed by atoms with Crippen LogP contribution in [0.3, 0.4) is 0 Å². The quantitative estimate of drug-likeness (QED) is 0.631. The number of nitrogens with two attached hydrogens (primary N) is 1. The second-order valence-electron chi connectivity index (χ2n) is 3.64. The van der Waals surface area contributed by atoms with Crippen LogP contribution in [0, 0.1) is 0 Å². The summed E-state index contributed by atoms with van der Waals surface area (Å²) in [4.78, 5) is 0. The van der Waals surface area contributed by atoms with Crippen LogP contribution in [0.15, 0.2) is 0 Å². The molecule has 3 N–H and O–H groups in total. The summed E-state index contributed by atoms with van der Waals surface area (Å²) < 4.78 is 5.25. The maximum absolute atomic E-state index is 9.39. The van der Waals surface area contributed by atoms with E-state index in [0.29, 0.717) is 6.61 Å². The molecule has 68 valence electrons. The predicted octanol–water partition coefficient (Wildman–Crippen LogP) is 0.510. The van der Waals surface area contributed by atoms with Gasteiger partial charge in [0, 0.05) is 0 Å². The third-order valence-corrected chi connectivity index (χ3v) is 1.52. The molecule has 0 bridgehead atoms. The van der Waals surface area contributed by atoms with E-state index in [9.17, 15) is 5.11 Å². The van der Waals surface area contributed by atoms with Crippen LogP contribution >= 0.6 is 0 Å². The monoisotopic (exact) mass is 161 g/mol. The predicted molar refractivity (Wildman–Crippen MR) is 45.4 cm³/mol. The van der Waals surface area contributed by atoms with Crippen molar-refractivity contribution in [1.82, 2.24) is 0 Å². The van der Waals surface area contributed by atoms with E-state index in [1.165, 1.54) is 0 Å². The van der Waals surface area contributed by atoms with E-state index >= 15 is 0 Å². The molecule has 0 aliphatic heterocycles. The van der Waals surface area contributed by atoms with Crippen molar-refractivity contribution in [1.29, 1.82) is 0 Å². The summed E-state index contributed by atoms with van der Waals surface area (Å²) in [6, 6.07) is -0.315. The molecule has 0 aliphatic carbocycles. The van der Waals surface area contributed by atoms with Crippen molar-refractivity contribution in [3.05, 3.63) is 0 Å². The van der Waals surface area contributed by atoms with Crippen LogP contribution in [0.1, 0.15) is 27.7 Å². The Hall–Kier alpha value is -0.120. The van der Waals surface area contributed by atoms with Gasteiger partial charge in [-0.2, -0.15) is 0 Å². The molecule has 0 amide bonds. The minimum absolute atomic E-state index is 0.170. The number of aliphatic hydroxyl groups is 1. The number of hydrogen-bond donors (Lipinski definition) is 2. The Balaban J connectivity index is 3.61. The van der Waals surface area contributed by atoms with Gasteiger partial charge in [0.2, 0.25) is 0 Å². The Kier molecular flexibility index (Phi) is 4.00. The van der Waals surface area contributed by atoms with Crippen LogP contribution in [0.5, 0.6) is 0 Å². The molecule has 0 fully saturated rings. The second kappa shape index (κ2) is 4.04. The Morgan fingerprint density at radius 2 is 1.91 bits per heavy atom. The first-order chi connectivity index (χ1) is 4.84.